The molecule has 3 nitrogen and oxygen atoms in total. The molecule has 0 radical (unpaired) electrons. The first-order valence-corrected chi connectivity index (χ1v) is 7.53. The SMILES string of the molecule is CC1CCCC(NCC(=O)Nc2c(F)cccc2F)CC1. The molecule has 1 fully saturated rings. The van der Waals surface area contributed by atoms with E-state index in [4.69, 9.17) is 0 Å². The van der Waals surface area contributed by atoms with Gasteiger partial charge in [-0.05, 0) is 37.3 Å². The summed E-state index contributed by atoms with van der Waals surface area (Å²) >= 11 is 0. The fourth-order valence-corrected chi connectivity index (χ4v) is 2.73. The van der Waals surface area contributed by atoms with Crippen LogP contribution in [-0.4, -0.2) is 18.5 Å². The van der Waals surface area contributed by atoms with Crippen molar-refractivity contribution in [2.24, 2.45) is 5.92 Å². The van der Waals surface area contributed by atoms with Crippen molar-refractivity contribution in [3.8, 4) is 0 Å². The van der Waals surface area contributed by atoms with Gasteiger partial charge in [-0.3, -0.25) is 4.79 Å². The molecular weight excluding hydrogens is 274 g/mol. The van der Waals surface area contributed by atoms with E-state index in [2.05, 4.69) is 17.6 Å². The molecule has 1 aliphatic rings. The fraction of sp³-hybridized carbons (Fsp3) is 0.562. The van der Waals surface area contributed by atoms with Gasteiger partial charge in [0.1, 0.15) is 17.3 Å². The van der Waals surface area contributed by atoms with Crippen molar-refractivity contribution in [2.75, 3.05) is 11.9 Å². The zero-order valence-electron chi connectivity index (χ0n) is 12.3. The summed E-state index contributed by atoms with van der Waals surface area (Å²) in [6, 6.07) is 3.83. The minimum absolute atomic E-state index is 0.0762. The third kappa shape index (κ3) is 4.77. The number of amides is 1. The number of para-hydroxylation sites is 1. The second-order valence-corrected chi connectivity index (χ2v) is 5.84. The summed E-state index contributed by atoms with van der Waals surface area (Å²) in [6.45, 7) is 2.32. The van der Waals surface area contributed by atoms with Crippen LogP contribution in [0.15, 0.2) is 18.2 Å². The largest absolute Gasteiger partial charge is 0.320 e. The number of carbonyl (C=O) groups excluding carboxylic acids is 1. The van der Waals surface area contributed by atoms with Gasteiger partial charge in [0.15, 0.2) is 0 Å². The van der Waals surface area contributed by atoms with E-state index in [0.717, 1.165) is 43.7 Å². The van der Waals surface area contributed by atoms with E-state index in [1.807, 2.05) is 0 Å². The fourth-order valence-electron chi connectivity index (χ4n) is 2.73. The molecule has 1 aromatic carbocycles. The van der Waals surface area contributed by atoms with Gasteiger partial charge < -0.3 is 10.6 Å². The van der Waals surface area contributed by atoms with Crippen LogP contribution in [0.2, 0.25) is 0 Å². The standard InChI is InChI=1S/C16H22F2N2O/c1-11-4-2-5-12(9-8-11)19-10-15(21)20-16-13(17)6-3-7-14(16)18/h3,6-7,11-12,19H,2,4-5,8-10H2,1H3,(H,20,21). The van der Waals surface area contributed by atoms with Crippen molar-refractivity contribution in [3.63, 3.8) is 0 Å². The van der Waals surface area contributed by atoms with E-state index < -0.39 is 17.5 Å². The van der Waals surface area contributed by atoms with Crippen LogP contribution in [0.4, 0.5) is 14.5 Å². The van der Waals surface area contributed by atoms with Crippen LogP contribution in [0.25, 0.3) is 0 Å². The van der Waals surface area contributed by atoms with Crippen molar-refractivity contribution in [1.82, 2.24) is 5.32 Å². The zero-order chi connectivity index (χ0) is 15.2. The van der Waals surface area contributed by atoms with Gasteiger partial charge >= 0.3 is 0 Å². The Hall–Kier alpha value is -1.49. The molecule has 2 N–H and O–H groups in total. The lowest BCUT2D eigenvalue weighted by Crippen LogP contribution is -2.36. The Kier molecular flexibility index (Phi) is 5.67. The normalized spacial score (nSPS) is 22.6. The van der Waals surface area contributed by atoms with Crippen LogP contribution >= 0.6 is 0 Å². The van der Waals surface area contributed by atoms with Crippen molar-refractivity contribution in [3.05, 3.63) is 29.8 Å². The second-order valence-electron chi connectivity index (χ2n) is 5.84. The summed E-state index contributed by atoms with van der Waals surface area (Å²) in [6.07, 6.45) is 5.63. The first-order chi connectivity index (χ1) is 10.1. The summed E-state index contributed by atoms with van der Waals surface area (Å²) in [5.74, 6) is -1.20. The van der Waals surface area contributed by atoms with E-state index >= 15 is 0 Å². The molecule has 1 amide bonds. The van der Waals surface area contributed by atoms with Gasteiger partial charge in [-0.15, -0.1) is 0 Å². The van der Waals surface area contributed by atoms with E-state index in [9.17, 15) is 13.6 Å². The van der Waals surface area contributed by atoms with Crippen molar-refractivity contribution in [1.29, 1.82) is 0 Å². The van der Waals surface area contributed by atoms with Crippen LogP contribution in [0, 0.1) is 17.6 Å². The number of nitrogens with one attached hydrogen (secondary N) is 2. The van der Waals surface area contributed by atoms with Gasteiger partial charge in [0.05, 0.1) is 6.54 Å². The number of anilines is 1. The molecule has 0 aromatic heterocycles. The summed E-state index contributed by atoms with van der Waals surface area (Å²) in [4.78, 5) is 11.8. The van der Waals surface area contributed by atoms with Crippen LogP contribution < -0.4 is 10.6 Å². The molecule has 2 rings (SSSR count). The third-order valence-electron chi connectivity index (χ3n) is 4.04. The van der Waals surface area contributed by atoms with Crippen LogP contribution in [0.1, 0.15) is 39.0 Å². The molecule has 1 aliphatic carbocycles. The van der Waals surface area contributed by atoms with E-state index in [1.165, 1.54) is 12.5 Å². The molecule has 1 saturated carbocycles. The number of halogens is 2. The Morgan fingerprint density at radius 3 is 2.62 bits per heavy atom. The first-order valence-electron chi connectivity index (χ1n) is 7.53. The minimum Gasteiger partial charge on any atom is -0.320 e. The van der Waals surface area contributed by atoms with Crippen LogP contribution in [0.3, 0.4) is 0 Å². The molecule has 2 unspecified atom stereocenters. The molecule has 0 spiro atoms. The summed E-state index contributed by atoms with van der Waals surface area (Å²) in [5, 5.41) is 5.48. The second kappa shape index (κ2) is 7.50. The number of benzene rings is 1. The number of rotatable bonds is 4. The Bertz CT molecular complexity index is 473. The Morgan fingerprint density at radius 2 is 1.90 bits per heavy atom. The molecule has 1 aromatic rings. The Labute approximate surface area is 124 Å². The van der Waals surface area contributed by atoms with Gasteiger partial charge in [0, 0.05) is 6.04 Å². The molecule has 5 heteroatoms. The summed E-state index contributed by atoms with van der Waals surface area (Å²) in [7, 11) is 0. The van der Waals surface area contributed by atoms with Crippen LogP contribution in [0.5, 0.6) is 0 Å². The monoisotopic (exact) mass is 296 g/mol. The minimum atomic E-state index is -0.758. The number of hydrogen-bond acceptors (Lipinski definition) is 2. The molecule has 116 valence electrons. The average molecular weight is 296 g/mol. The quantitative estimate of drug-likeness (QED) is 0.835. The first kappa shape index (κ1) is 15.9. The van der Waals surface area contributed by atoms with Gasteiger partial charge in [0.2, 0.25) is 5.91 Å². The molecule has 0 bridgehead atoms. The smallest absolute Gasteiger partial charge is 0.238 e. The highest BCUT2D eigenvalue weighted by atomic mass is 19.1. The van der Waals surface area contributed by atoms with Gasteiger partial charge in [-0.25, -0.2) is 8.78 Å². The van der Waals surface area contributed by atoms with E-state index in [-0.39, 0.29) is 12.2 Å². The lowest BCUT2D eigenvalue weighted by Gasteiger charge is -2.16. The van der Waals surface area contributed by atoms with Gasteiger partial charge in [-0.1, -0.05) is 25.8 Å². The maximum absolute atomic E-state index is 13.4. The van der Waals surface area contributed by atoms with Crippen molar-refractivity contribution in [2.45, 2.75) is 45.1 Å². The zero-order valence-corrected chi connectivity index (χ0v) is 12.3. The van der Waals surface area contributed by atoms with E-state index in [1.54, 1.807) is 0 Å². The van der Waals surface area contributed by atoms with Gasteiger partial charge in [-0.2, -0.15) is 0 Å². The highest BCUT2D eigenvalue weighted by Crippen LogP contribution is 2.22. The number of hydrogen-bond donors (Lipinski definition) is 2. The molecule has 2 atom stereocenters. The van der Waals surface area contributed by atoms with E-state index in [0.29, 0.717) is 6.04 Å². The predicted octanol–water partition coefficient (Wildman–Crippen LogP) is 3.46. The molecule has 0 saturated heterocycles. The molecule has 21 heavy (non-hydrogen) atoms. The lowest BCUT2D eigenvalue weighted by molar-refractivity contribution is -0.115. The Morgan fingerprint density at radius 1 is 1.19 bits per heavy atom. The maximum atomic E-state index is 13.4. The molecular formula is C16H22F2N2O. The lowest BCUT2D eigenvalue weighted by atomic mass is 10.0. The maximum Gasteiger partial charge on any atom is 0.238 e. The van der Waals surface area contributed by atoms with Crippen molar-refractivity contribution >= 4 is 11.6 Å². The highest BCUT2D eigenvalue weighted by molar-refractivity contribution is 5.92. The Balaban J connectivity index is 1.82. The van der Waals surface area contributed by atoms with Gasteiger partial charge in [0.25, 0.3) is 0 Å². The summed E-state index contributed by atoms with van der Waals surface area (Å²) < 4.78 is 26.9. The van der Waals surface area contributed by atoms with Crippen LogP contribution in [-0.2, 0) is 4.79 Å². The predicted molar refractivity (Wildman–Crippen MR) is 79.0 cm³/mol. The molecule has 0 aliphatic heterocycles. The highest BCUT2D eigenvalue weighted by Gasteiger charge is 2.17. The molecule has 0 heterocycles. The number of carbonyl (C=O) groups is 1. The average Bonchev–Trinajstić information content (AvgIpc) is 2.65. The topological polar surface area (TPSA) is 41.1 Å². The van der Waals surface area contributed by atoms with Crippen molar-refractivity contribution < 1.29 is 13.6 Å². The summed E-state index contributed by atoms with van der Waals surface area (Å²) in [5.41, 5.74) is -0.376. The third-order valence-corrected chi connectivity index (χ3v) is 4.04.